The summed E-state index contributed by atoms with van der Waals surface area (Å²) in [5.41, 5.74) is 11.5. The van der Waals surface area contributed by atoms with E-state index in [1.165, 1.54) is 35.2 Å². The summed E-state index contributed by atoms with van der Waals surface area (Å²) in [6.45, 7) is -0.777. The van der Waals surface area contributed by atoms with Gasteiger partial charge in [-0.1, -0.05) is 0 Å². The molecule has 20 nitrogen and oxygen atoms in total. The topological polar surface area (TPSA) is 261 Å². The van der Waals surface area contributed by atoms with Crippen molar-refractivity contribution in [2.75, 3.05) is 31.8 Å². The molecule has 4 aromatic rings. The molecule has 3 aliphatic rings. The molecule has 0 aliphatic carbocycles. The molecule has 240 valence electrons. The molecule has 24 heteroatoms. The smallest absolute Gasteiger partial charge is 0.382 e. The van der Waals surface area contributed by atoms with Gasteiger partial charge in [-0.25, -0.2) is 28.9 Å². The molecule has 0 aromatic carbocycles. The Labute approximate surface area is 253 Å². The van der Waals surface area contributed by atoms with E-state index in [-0.39, 0.29) is 40.7 Å². The number of ether oxygens (including phenoxy) is 3. The number of halogens is 1. The van der Waals surface area contributed by atoms with E-state index in [1.54, 1.807) is 7.57 Å². The Morgan fingerprint density at radius 3 is 2.60 bits per heavy atom. The molecule has 45 heavy (non-hydrogen) atoms. The number of aromatic nitrogens is 8. The molecule has 0 radical (unpaired) electrons. The highest BCUT2D eigenvalue weighted by Crippen LogP contribution is 2.52. The molecule has 3 aliphatic heterocycles. The normalized spacial score (nSPS) is 36.0. The van der Waals surface area contributed by atoms with Gasteiger partial charge in [-0.15, -0.1) is 0 Å². The molecule has 6 N–H and O–H groups in total. The van der Waals surface area contributed by atoms with E-state index in [0.717, 1.165) is 0 Å². The molecule has 3 saturated heterocycles. The highest BCUT2D eigenvalue weighted by Gasteiger charge is 2.53. The van der Waals surface area contributed by atoms with Crippen LogP contribution in [0.2, 0.25) is 0 Å². The molecule has 0 spiro atoms. The number of rotatable bonds is 3. The van der Waals surface area contributed by atoms with Crippen molar-refractivity contribution in [2.24, 2.45) is 0 Å². The summed E-state index contributed by atoms with van der Waals surface area (Å²) >= 11 is 0. The third-order valence-corrected chi connectivity index (χ3v) is 9.60. The number of phosphoric acid groups is 1. The van der Waals surface area contributed by atoms with Crippen LogP contribution < -0.4 is 17.0 Å². The molecule has 3 fully saturated rings. The number of methoxy groups -OCH3 is 1. The van der Waals surface area contributed by atoms with E-state index in [1.807, 2.05) is 0 Å². The van der Waals surface area contributed by atoms with Crippen molar-refractivity contribution in [2.45, 2.75) is 49.1 Å². The number of nitrogens with two attached hydrogens (primary N) is 2. The summed E-state index contributed by atoms with van der Waals surface area (Å²) in [5.74, 6) is -0.0902. The van der Waals surface area contributed by atoms with E-state index in [9.17, 15) is 14.3 Å². The minimum Gasteiger partial charge on any atom is -0.382 e. The van der Waals surface area contributed by atoms with Crippen molar-refractivity contribution < 1.29 is 46.2 Å². The number of anilines is 2. The third-order valence-electron chi connectivity index (χ3n) is 7.56. The van der Waals surface area contributed by atoms with Crippen molar-refractivity contribution in [3.8, 4) is 0 Å². The molecule has 9 unspecified atom stereocenters. The lowest BCUT2D eigenvalue weighted by molar-refractivity contribution is -0.0614. The second-order valence-corrected chi connectivity index (χ2v) is 13.0. The van der Waals surface area contributed by atoms with Crippen LogP contribution >= 0.6 is 16.1 Å². The second kappa shape index (κ2) is 11.6. The van der Waals surface area contributed by atoms with Gasteiger partial charge in [0, 0.05) is 7.11 Å². The highest BCUT2D eigenvalue weighted by atomic mass is 31.2. The number of aromatic amines is 1. The zero-order valence-corrected chi connectivity index (χ0v) is 25.2. The summed E-state index contributed by atoms with van der Waals surface area (Å²) < 4.78 is 72.6. The third kappa shape index (κ3) is 5.40. The van der Waals surface area contributed by atoms with Gasteiger partial charge in [-0.3, -0.25) is 28.0 Å². The van der Waals surface area contributed by atoms with Crippen molar-refractivity contribution in [1.29, 1.82) is 0 Å². The molecular weight excluding hydrogens is 644 g/mol. The summed E-state index contributed by atoms with van der Waals surface area (Å²) in [6.07, 6.45) is -6.25. The number of hydrogen-bond acceptors (Lipinski definition) is 16. The Morgan fingerprint density at radius 1 is 1.09 bits per heavy atom. The number of alkyl halides is 1. The van der Waals surface area contributed by atoms with Gasteiger partial charge in [0.05, 0.1) is 25.9 Å². The van der Waals surface area contributed by atoms with Gasteiger partial charge in [0.1, 0.15) is 50.6 Å². The van der Waals surface area contributed by atoms with Crippen LogP contribution in [0.3, 0.4) is 0 Å². The van der Waals surface area contributed by atoms with Crippen LogP contribution in [0.1, 0.15) is 12.5 Å². The average molecular weight is 670 g/mol. The van der Waals surface area contributed by atoms with Gasteiger partial charge < -0.3 is 39.6 Å². The number of nitrogens with one attached hydrogen (secondary N) is 1. The van der Waals surface area contributed by atoms with Crippen LogP contribution in [0, 0.1) is 0 Å². The lowest BCUT2D eigenvalue weighted by Gasteiger charge is -2.26. The summed E-state index contributed by atoms with van der Waals surface area (Å²) in [7, 11) is -3.75. The van der Waals surface area contributed by atoms with E-state index < -0.39 is 77.4 Å². The van der Waals surface area contributed by atoms with Crippen LogP contribution in [0.5, 0.6) is 0 Å². The monoisotopic (exact) mass is 670 g/mol. The maximum Gasteiger partial charge on any atom is 0.472 e. The first-order chi connectivity index (χ1) is 21.5. The lowest BCUT2D eigenvalue weighted by Crippen LogP contribution is -2.37. The van der Waals surface area contributed by atoms with Gasteiger partial charge in [0.15, 0.2) is 41.3 Å². The van der Waals surface area contributed by atoms with E-state index >= 15 is 4.39 Å². The van der Waals surface area contributed by atoms with E-state index in [0.29, 0.717) is 0 Å². The molecule has 4 aromatic heterocycles. The average Bonchev–Trinajstić information content (AvgIpc) is 3.75. The molecule has 10 atom stereocenters. The van der Waals surface area contributed by atoms with Gasteiger partial charge in [0.2, 0.25) is 13.5 Å². The summed E-state index contributed by atoms with van der Waals surface area (Å²) in [6, 6.07) is 0. The molecule has 7 heterocycles. The van der Waals surface area contributed by atoms with Crippen molar-refractivity contribution in [1.82, 2.24) is 39.0 Å². The summed E-state index contributed by atoms with van der Waals surface area (Å²) in [4.78, 5) is 46.0. The van der Waals surface area contributed by atoms with Crippen LogP contribution in [0.25, 0.3) is 22.3 Å². The summed E-state index contributed by atoms with van der Waals surface area (Å²) in [5, 5.41) is 0. The molecule has 0 amide bonds. The standard InChI is InChI=1S/C21H26BFN10O10P2/c1-37-13-7-2-38-44(22)42-12-8(40-19(9(12)23)32-5-28-10-15(24)26-4-27-16(10)32)3-39-45(35,36)43-14(13)20(41-7)33-6-29-11-17(33)30-21(25)31-18(11)34/h4-9,12-14,19-20H,2-3,22H2,1H3,(H,35,36)(H2,24,26,27)(H3,25,30,31,34)/t7?,8?,9?,12?,13?,14?,19?,20?,44-/m1/s1. The van der Waals surface area contributed by atoms with Crippen molar-refractivity contribution >= 4 is 57.7 Å². The first-order valence-electron chi connectivity index (χ1n) is 13.4. The number of nitrogen functional groups attached to an aromatic ring is 2. The first-order valence-corrected chi connectivity index (χ1v) is 16.5. The van der Waals surface area contributed by atoms with E-state index in [4.69, 9.17) is 43.8 Å². The van der Waals surface area contributed by atoms with Gasteiger partial charge in [0.25, 0.3) is 5.56 Å². The number of imidazole rings is 2. The predicted molar refractivity (Wildman–Crippen MR) is 153 cm³/mol. The fraction of sp³-hybridized carbons (Fsp3) is 0.524. The number of hydrogen-bond donors (Lipinski definition) is 4. The van der Waals surface area contributed by atoms with E-state index in [2.05, 4.69) is 29.9 Å². The largest absolute Gasteiger partial charge is 0.472 e. The minimum absolute atomic E-state index is 0.0310. The van der Waals surface area contributed by atoms with Crippen LogP contribution in [-0.4, -0.2) is 109 Å². The minimum atomic E-state index is -4.93. The fourth-order valence-electron chi connectivity index (χ4n) is 5.56. The van der Waals surface area contributed by atoms with Gasteiger partial charge in [-0.05, 0) is 0 Å². The maximum atomic E-state index is 16.0. The molecule has 0 saturated carbocycles. The zero-order valence-electron chi connectivity index (χ0n) is 23.4. The fourth-order valence-corrected chi connectivity index (χ4v) is 7.50. The molecule has 2 bridgehead atoms. The van der Waals surface area contributed by atoms with Crippen LogP contribution in [-0.2, 0) is 36.9 Å². The zero-order chi connectivity index (χ0) is 31.6. The van der Waals surface area contributed by atoms with Crippen LogP contribution in [0.4, 0.5) is 16.2 Å². The second-order valence-electron chi connectivity index (χ2n) is 10.3. The predicted octanol–water partition coefficient (Wildman–Crippen LogP) is -0.951. The first kappa shape index (κ1) is 30.5. The van der Waals surface area contributed by atoms with Crippen molar-refractivity contribution in [3.63, 3.8) is 0 Å². The Kier molecular flexibility index (Phi) is 7.84. The van der Waals surface area contributed by atoms with Gasteiger partial charge in [-0.2, -0.15) is 4.98 Å². The quantitative estimate of drug-likeness (QED) is 0.151. The Balaban J connectivity index is 1.19. The van der Waals surface area contributed by atoms with Gasteiger partial charge >= 0.3 is 7.82 Å². The lowest BCUT2D eigenvalue weighted by atomic mass is 10.1. The Bertz CT molecular complexity index is 1850. The highest BCUT2D eigenvalue weighted by molar-refractivity contribution is 7.74. The molecular formula is C21H26BFN10O10P2. The SMILES string of the molecule is B[P@]1OCC2OC(n3cnc4c(=O)[nH]c(N)nc43)C(OP(=O)(O)OCC3OC(n4cnc5c(N)ncnc54)C(F)C3O1)C2OC. The Hall–Kier alpha value is -3.17. The number of fused-ring (bicyclic) bond motifs is 5. The number of H-pyrrole nitrogens is 1. The number of phosphoric ester groups is 1. The number of nitrogens with zero attached hydrogens (tertiary/aromatic N) is 7. The molecule has 7 rings (SSSR count). The Morgan fingerprint density at radius 2 is 1.82 bits per heavy atom. The van der Waals surface area contributed by atoms with Crippen LogP contribution in [0.15, 0.2) is 23.8 Å². The van der Waals surface area contributed by atoms with Crippen molar-refractivity contribution in [3.05, 3.63) is 29.3 Å². The maximum absolute atomic E-state index is 16.0.